The molecule has 4 unspecified atom stereocenters. The minimum Gasteiger partial charge on any atom is -0.324 e. The fourth-order valence-corrected chi connectivity index (χ4v) is 2.64. The Bertz CT molecular complexity index is 346. The fraction of sp³-hybridized carbons (Fsp3) is 0.923. The van der Waals surface area contributed by atoms with E-state index in [4.69, 9.17) is 0 Å². The lowest BCUT2D eigenvalue weighted by Crippen LogP contribution is -2.45. The van der Waals surface area contributed by atoms with Crippen molar-refractivity contribution in [2.75, 3.05) is 12.8 Å². The molecular weight excluding hydrogens is 248 g/mol. The Hall–Kier alpha value is -0.420. The van der Waals surface area contributed by atoms with E-state index < -0.39 is 16.3 Å². The summed E-state index contributed by atoms with van der Waals surface area (Å²) in [6.45, 7) is 10.7. The molecule has 4 nitrogen and oxygen atoms in total. The maximum Gasteiger partial charge on any atom is 0.243 e. The second kappa shape index (κ2) is 5.70. The molecule has 0 aromatic heterocycles. The van der Waals surface area contributed by atoms with Crippen molar-refractivity contribution in [2.45, 2.75) is 58.0 Å². The van der Waals surface area contributed by atoms with Gasteiger partial charge in [0.25, 0.3) is 0 Å². The molecule has 0 aromatic carbocycles. The van der Waals surface area contributed by atoms with Crippen LogP contribution >= 0.6 is 0 Å². The lowest BCUT2D eigenvalue weighted by atomic mass is 9.99. The van der Waals surface area contributed by atoms with Crippen molar-refractivity contribution in [1.29, 1.82) is 0 Å². The minimum absolute atomic E-state index is 0.0104. The van der Waals surface area contributed by atoms with E-state index >= 15 is 0 Å². The van der Waals surface area contributed by atoms with Gasteiger partial charge in [0.15, 0.2) is 0 Å². The molecule has 0 bridgehead atoms. The van der Waals surface area contributed by atoms with Crippen molar-refractivity contribution in [3.8, 4) is 0 Å². The van der Waals surface area contributed by atoms with Gasteiger partial charge in [-0.1, -0.05) is 20.8 Å². The first kappa shape index (κ1) is 15.6. The zero-order chi connectivity index (χ0) is 14.1. The summed E-state index contributed by atoms with van der Waals surface area (Å²) in [6, 6.07) is 0. The van der Waals surface area contributed by atoms with E-state index in [1.807, 2.05) is 25.7 Å². The van der Waals surface area contributed by atoms with Crippen LogP contribution in [0.1, 0.15) is 41.0 Å². The van der Waals surface area contributed by atoms with Gasteiger partial charge in [-0.3, -0.25) is 14.3 Å². The van der Waals surface area contributed by atoms with Crippen LogP contribution in [0.3, 0.4) is 0 Å². The van der Waals surface area contributed by atoms with E-state index in [-0.39, 0.29) is 17.3 Å². The Morgan fingerprint density at radius 1 is 1.44 bits per heavy atom. The van der Waals surface area contributed by atoms with E-state index in [1.165, 1.54) is 0 Å². The highest BCUT2D eigenvalue weighted by Crippen LogP contribution is 2.27. The Morgan fingerprint density at radius 3 is 2.39 bits per heavy atom. The SMILES string of the molecule is CCC1(C)NC(C(C)C)N(CC(C)S(C)=O)C1=O. The van der Waals surface area contributed by atoms with E-state index in [1.54, 1.807) is 6.26 Å². The van der Waals surface area contributed by atoms with Crippen LogP contribution < -0.4 is 5.32 Å². The molecule has 106 valence electrons. The summed E-state index contributed by atoms with van der Waals surface area (Å²) < 4.78 is 11.5. The molecule has 0 radical (unpaired) electrons. The molecule has 1 amide bonds. The first-order valence-electron chi connectivity index (χ1n) is 6.64. The van der Waals surface area contributed by atoms with Crippen LogP contribution in [0.15, 0.2) is 0 Å². The molecule has 0 aliphatic carbocycles. The van der Waals surface area contributed by atoms with E-state index in [0.717, 1.165) is 6.42 Å². The van der Waals surface area contributed by atoms with Crippen molar-refractivity contribution in [3.05, 3.63) is 0 Å². The Morgan fingerprint density at radius 2 is 2.00 bits per heavy atom. The number of nitrogens with one attached hydrogen (secondary N) is 1. The summed E-state index contributed by atoms with van der Waals surface area (Å²) in [5.41, 5.74) is -0.468. The molecule has 0 saturated carbocycles. The highest BCUT2D eigenvalue weighted by atomic mass is 32.2. The van der Waals surface area contributed by atoms with Crippen LogP contribution in [-0.4, -0.2) is 44.8 Å². The van der Waals surface area contributed by atoms with Crippen molar-refractivity contribution >= 4 is 16.7 Å². The van der Waals surface area contributed by atoms with Crippen LogP contribution in [0.5, 0.6) is 0 Å². The van der Waals surface area contributed by atoms with Gasteiger partial charge in [0.05, 0.1) is 11.7 Å². The zero-order valence-electron chi connectivity index (χ0n) is 12.3. The molecule has 1 aliphatic rings. The van der Waals surface area contributed by atoms with Crippen molar-refractivity contribution < 1.29 is 9.00 Å². The molecule has 4 atom stereocenters. The number of carbonyl (C=O) groups excluding carboxylic acids is 1. The largest absolute Gasteiger partial charge is 0.324 e. The fourth-order valence-electron chi connectivity index (χ4n) is 2.27. The average Bonchev–Trinajstić information content (AvgIpc) is 2.54. The number of rotatable bonds is 5. The number of nitrogens with zero attached hydrogens (tertiary/aromatic N) is 1. The minimum atomic E-state index is -0.898. The first-order valence-corrected chi connectivity index (χ1v) is 8.26. The standard InChI is InChI=1S/C13H26N2O2S/c1-7-13(5)12(16)15(8-10(4)18(6)17)11(14-13)9(2)3/h9-11,14H,7-8H2,1-6H3. The lowest BCUT2D eigenvalue weighted by Gasteiger charge is -2.28. The van der Waals surface area contributed by atoms with Crippen molar-refractivity contribution in [2.24, 2.45) is 5.92 Å². The maximum absolute atomic E-state index is 12.5. The van der Waals surface area contributed by atoms with Crippen LogP contribution in [0, 0.1) is 5.92 Å². The van der Waals surface area contributed by atoms with Crippen LogP contribution in [0.2, 0.25) is 0 Å². The van der Waals surface area contributed by atoms with Crippen LogP contribution in [0.25, 0.3) is 0 Å². The highest BCUT2D eigenvalue weighted by Gasteiger charge is 2.47. The summed E-state index contributed by atoms with van der Waals surface area (Å²) >= 11 is 0. The third-order valence-electron chi connectivity index (χ3n) is 3.89. The molecule has 18 heavy (non-hydrogen) atoms. The van der Waals surface area contributed by atoms with Gasteiger partial charge in [0.1, 0.15) is 0 Å². The lowest BCUT2D eigenvalue weighted by molar-refractivity contribution is -0.133. The Kier molecular flexibility index (Phi) is 4.95. The number of amides is 1. The molecule has 0 aromatic rings. The Labute approximate surface area is 113 Å². The normalized spacial score (nSPS) is 32.1. The molecular formula is C13H26N2O2S. The topological polar surface area (TPSA) is 49.4 Å². The summed E-state index contributed by atoms with van der Waals surface area (Å²) in [6.07, 6.45) is 2.52. The Balaban J connectivity index is 2.92. The summed E-state index contributed by atoms with van der Waals surface area (Å²) in [4.78, 5) is 14.4. The molecule has 1 aliphatic heterocycles. The van der Waals surface area contributed by atoms with Crippen molar-refractivity contribution in [1.82, 2.24) is 10.2 Å². The number of hydrogen-bond donors (Lipinski definition) is 1. The molecule has 0 spiro atoms. The summed E-state index contributed by atoms with van der Waals surface area (Å²) in [7, 11) is -0.898. The third kappa shape index (κ3) is 2.94. The van der Waals surface area contributed by atoms with E-state index in [2.05, 4.69) is 19.2 Å². The second-order valence-corrected chi connectivity index (χ2v) is 7.59. The van der Waals surface area contributed by atoms with Gasteiger partial charge in [0, 0.05) is 28.9 Å². The molecule has 1 saturated heterocycles. The van der Waals surface area contributed by atoms with E-state index in [0.29, 0.717) is 12.5 Å². The molecule has 1 heterocycles. The predicted molar refractivity (Wildman–Crippen MR) is 75.7 cm³/mol. The molecule has 1 fully saturated rings. The van der Waals surface area contributed by atoms with Crippen LogP contribution in [0.4, 0.5) is 0 Å². The highest BCUT2D eigenvalue weighted by molar-refractivity contribution is 7.84. The molecule has 5 heteroatoms. The van der Waals surface area contributed by atoms with Crippen LogP contribution in [-0.2, 0) is 15.6 Å². The van der Waals surface area contributed by atoms with Gasteiger partial charge >= 0.3 is 0 Å². The number of hydrogen-bond acceptors (Lipinski definition) is 3. The first-order chi connectivity index (χ1) is 8.23. The predicted octanol–water partition coefficient (Wildman–Crippen LogP) is 1.34. The monoisotopic (exact) mass is 274 g/mol. The summed E-state index contributed by atoms with van der Waals surface area (Å²) in [5.74, 6) is 0.487. The van der Waals surface area contributed by atoms with Gasteiger partial charge in [-0.15, -0.1) is 0 Å². The zero-order valence-corrected chi connectivity index (χ0v) is 13.1. The molecule has 1 rings (SSSR count). The average molecular weight is 274 g/mol. The van der Waals surface area contributed by atoms with Gasteiger partial charge in [-0.2, -0.15) is 0 Å². The van der Waals surface area contributed by atoms with Gasteiger partial charge in [0.2, 0.25) is 5.91 Å². The van der Waals surface area contributed by atoms with Gasteiger partial charge in [-0.05, 0) is 26.2 Å². The number of carbonyl (C=O) groups is 1. The molecule has 1 N–H and O–H groups in total. The van der Waals surface area contributed by atoms with E-state index in [9.17, 15) is 9.00 Å². The van der Waals surface area contributed by atoms with Gasteiger partial charge in [-0.25, -0.2) is 0 Å². The smallest absolute Gasteiger partial charge is 0.243 e. The quantitative estimate of drug-likeness (QED) is 0.823. The maximum atomic E-state index is 12.5. The second-order valence-electron chi connectivity index (χ2n) is 5.79. The van der Waals surface area contributed by atoms with Crippen molar-refractivity contribution in [3.63, 3.8) is 0 Å². The summed E-state index contributed by atoms with van der Waals surface area (Å²) in [5, 5.41) is 3.45. The van der Waals surface area contributed by atoms with Gasteiger partial charge < -0.3 is 4.90 Å². The third-order valence-corrected chi connectivity index (χ3v) is 5.18.